The number of carbonyl (C=O) groups is 1. The molecule has 0 aliphatic rings. The topological polar surface area (TPSA) is 75.7 Å². The lowest BCUT2D eigenvalue weighted by Gasteiger charge is -2.24. The second-order valence-electron chi connectivity index (χ2n) is 7.49. The van der Waals surface area contributed by atoms with Crippen molar-refractivity contribution in [3.8, 4) is 5.75 Å². The summed E-state index contributed by atoms with van der Waals surface area (Å²) in [6, 6.07) is 18.1. The van der Waals surface area contributed by atoms with Crippen molar-refractivity contribution in [2.24, 2.45) is 0 Å². The molecule has 0 bridgehead atoms. The maximum absolute atomic E-state index is 13.0. The number of carbonyl (C=O) groups excluding carboxylic acids is 1. The fourth-order valence-corrected chi connectivity index (χ4v) is 4.16. The minimum atomic E-state index is -3.70. The lowest BCUT2D eigenvalue weighted by Crippen LogP contribution is -2.40. The van der Waals surface area contributed by atoms with Gasteiger partial charge in [0.25, 0.3) is 0 Å². The SMILES string of the molecule is Cc1c(Cl)cccc1N(CC(=O)NCc1ccc(OCc2ccc(F)cc2)cc1)S(C)(=O)=O. The van der Waals surface area contributed by atoms with Crippen molar-refractivity contribution in [2.75, 3.05) is 17.1 Å². The number of nitrogens with one attached hydrogen (secondary N) is 1. The van der Waals surface area contributed by atoms with Crippen LogP contribution < -0.4 is 14.4 Å². The van der Waals surface area contributed by atoms with E-state index in [1.807, 2.05) is 0 Å². The Morgan fingerprint density at radius 1 is 1.03 bits per heavy atom. The summed E-state index contributed by atoms with van der Waals surface area (Å²) in [5.74, 6) is -0.113. The zero-order chi connectivity index (χ0) is 24.0. The molecule has 0 unspecified atom stereocenters. The number of anilines is 1. The van der Waals surface area contributed by atoms with Crippen LogP contribution in [-0.2, 0) is 28.0 Å². The van der Waals surface area contributed by atoms with E-state index in [0.29, 0.717) is 28.6 Å². The van der Waals surface area contributed by atoms with Gasteiger partial charge in [-0.05, 0) is 60.0 Å². The monoisotopic (exact) mass is 490 g/mol. The molecule has 33 heavy (non-hydrogen) atoms. The molecule has 3 rings (SSSR count). The number of rotatable bonds is 9. The highest BCUT2D eigenvalue weighted by Gasteiger charge is 2.23. The molecule has 3 aromatic carbocycles. The van der Waals surface area contributed by atoms with Crippen molar-refractivity contribution in [1.29, 1.82) is 0 Å². The molecule has 0 aliphatic heterocycles. The molecule has 0 aliphatic carbocycles. The fourth-order valence-electron chi connectivity index (χ4n) is 3.09. The van der Waals surface area contributed by atoms with Crippen molar-refractivity contribution < 1.29 is 22.3 Å². The number of benzene rings is 3. The number of hydrogen-bond donors (Lipinski definition) is 1. The molecule has 174 valence electrons. The van der Waals surface area contributed by atoms with Crippen LogP contribution in [0.4, 0.5) is 10.1 Å². The molecule has 6 nitrogen and oxygen atoms in total. The van der Waals surface area contributed by atoms with Crippen LogP contribution in [0.2, 0.25) is 5.02 Å². The number of halogens is 2. The molecule has 0 saturated carbocycles. The van der Waals surface area contributed by atoms with Gasteiger partial charge >= 0.3 is 0 Å². The summed E-state index contributed by atoms with van der Waals surface area (Å²) in [5.41, 5.74) is 2.61. The Morgan fingerprint density at radius 3 is 2.30 bits per heavy atom. The number of nitrogens with zero attached hydrogens (tertiary/aromatic N) is 1. The Hall–Kier alpha value is -3.10. The van der Waals surface area contributed by atoms with E-state index in [1.165, 1.54) is 12.1 Å². The smallest absolute Gasteiger partial charge is 0.241 e. The van der Waals surface area contributed by atoms with Crippen LogP contribution in [0, 0.1) is 12.7 Å². The average Bonchev–Trinajstić information content (AvgIpc) is 2.78. The quantitative estimate of drug-likeness (QED) is 0.481. The van der Waals surface area contributed by atoms with Crippen molar-refractivity contribution in [3.63, 3.8) is 0 Å². The van der Waals surface area contributed by atoms with E-state index in [1.54, 1.807) is 61.5 Å². The third-order valence-electron chi connectivity index (χ3n) is 4.93. The van der Waals surface area contributed by atoms with Gasteiger partial charge in [-0.1, -0.05) is 41.9 Å². The van der Waals surface area contributed by atoms with Gasteiger partial charge in [-0.3, -0.25) is 9.10 Å². The molecular formula is C24H24ClFN2O4S. The molecule has 0 atom stereocenters. The first-order valence-corrected chi connectivity index (χ1v) is 12.3. The van der Waals surface area contributed by atoms with Crippen LogP contribution >= 0.6 is 11.6 Å². The molecule has 0 saturated heterocycles. The predicted molar refractivity (Wildman–Crippen MR) is 127 cm³/mol. The molecule has 1 amide bonds. The van der Waals surface area contributed by atoms with E-state index in [-0.39, 0.29) is 18.9 Å². The highest BCUT2D eigenvalue weighted by molar-refractivity contribution is 7.92. The highest BCUT2D eigenvalue weighted by Crippen LogP contribution is 2.28. The van der Waals surface area contributed by atoms with E-state index in [4.69, 9.17) is 16.3 Å². The fraction of sp³-hybridized carbons (Fsp3) is 0.208. The van der Waals surface area contributed by atoms with Crippen LogP contribution in [0.1, 0.15) is 16.7 Å². The summed E-state index contributed by atoms with van der Waals surface area (Å²) >= 11 is 6.11. The molecule has 0 fully saturated rings. The van der Waals surface area contributed by atoms with E-state index in [9.17, 15) is 17.6 Å². The number of sulfonamides is 1. The Morgan fingerprint density at radius 2 is 1.67 bits per heavy atom. The third-order valence-corrected chi connectivity index (χ3v) is 6.46. The van der Waals surface area contributed by atoms with Gasteiger partial charge in [0, 0.05) is 11.6 Å². The first-order chi connectivity index (χ1) is 15.6. The average molecular weight is 491 g/mol. The Kier molecular flexibility index (Phi) is 7.94. The maximum Gasteiger partial charge on any atom is 0.241 e. The van der Waals surface area contributed by atoms with Gasteiger partial charge in [-0.15, -0.1) is 0 Å². The van der Waals surface area contributed by atoms with Crippen LogP contribution in [0.3, 0.4) is 0 Å². The van der Waals surface area contributed by atoms with E-state index >= 15 is 0 Å². The van der Waals surface area contributed by atoms with Crippen LogP contribution in [-0.4, -0.2) is 27.1 Å². The Balaban J connectivity index is 1.57. The van der Waals surface area contributed by atoms with Crippen molar-refractivity contribution >= 4 is 33.2 Å². The Bertz CT molecular complexity index is 1220. The van der Waals surface area contributed by atoms with Gasteiger partial charge in [-0.25, -0.2) is 12.8 Å². The standard InChI is InChI=1S/C24H24ClFN2O4S/c1-17-22(25)4-3-5-23(17)28(33(2,30)31)15-24(29)27-14-18-8-12-21(13-9-18)32-16-19-6-10-20(26)11-7-19/h3-13H,14-16H2,1-2H3,(H,27,29). The Labute approximate surface area is 198 Å². The van der Waals surface area contributed by atoms with E-state index < -0.39 is 15.9 Å². The first-order valence-electron chi connectivity index (χ1n) is 10.1. The first kappa shape index (κ1) is 24.5. The second kappa shape index (κ2) is 10.7. The van der Waals surface area contributed by atoms with Crippen molar-refractivity contribution in [2.45, 2.75) is 20.1 Å². The lowest BCUT2D eigenvalue weighted by atomic mass is 10.2. The molecule has 9 heteroatoms. The largest absolute Gasteiger partial charge is 0.489 e. The highest BCUT2D eigenvalue weighted by atomic mass is 35.5. The minimum absolute atomic E-state index is 0.225. The summed E-state index contributed by atoms with van der Waals surface area (Å²) in [6.45, 7) is 1.87. The molecule has 0 spiro atoms. The minimum Gasteiger partial charge on any atom is -0.489 e. The van der Waals surface area contributed by atoms with Crippen LogP contribution in [0.25, 0.3) is 0 Å². The molecule has 1 N–H and O–H groups in total. The molecule has 0 radical (unpaired) electrons. The van der Waals surface area contributed by atoms with Crippen LogP contribution in [0.5, 0.6) is 5.75 Å². The van der Waals surface area contributed by atoms with Crippen molar-refractivity contribution in [3.05, 3.63) is 94.3 Å². The zero-order valence-corrected chi connectivity index (χ0v) is 19.8. The molecule has 0 aromatic heterocycles. The van der Waals surface area contributed by atoms with E-state index in [0.717, 1.165) is 21.7 Å². The van der Waals surface area contributed by atoms with Crippen molar-refractivity contribution in [1.82, 2.24) is 5.32 Å². The number of ether oxygens (including phenoxy) is 1. The lowest BCUT2D eigenvalue weighted by molar-refractivity contribution is -0.119. The normalized spacial score (nSPS) is 11.2. The van der Waals surface area contributed by atoms with Gasteiger partial charge in [0.05, 0.1) is 11.9 Å². The maximum atomic E-state index is 13.0. The van der Waals surface area contributed by atoms with Gasteiger partial charge in [-0.2, -0.15) is 0 Å². The molecule has 3 aromatic rings. The zero-order valence-electron chi connectivity index (χ0n) is 18.2. The molecular weight excluding hydrogens is 467 g/mol. The third kappa shape index (κ3) is 6.94. The second-order valence-corrected chi connectivity index (χ2v) is 9.80. The summed E-state index contributed by atoms with van der Waals surface area (Å²) in [7, 11) is -3.70. The van der Waals surface area contributed by atoms with Crippen LogP contribution in [0.15, 0.2) is 66.7 Å². The van der Waals surface area contributed by atoms with Gasteiger partial charge in [0.1, 0.15) is 24.7 Å². The van der Waals surface area contributed by atoms with Gasteiger partial charge in [0.15, 0.2) is 0 Å². The summed E-state index contributed by atoms with van der Waals surface area (Å²) in [4.78, 5) is 12.5. The van der Waals surface area contributed by atoms with Gasteiger partial charge < -0.3 is 10.1 Å². The number of hydrogen-bond acceptors (Lipinski definition) is 4. The number of amides is 1. The predicted octanol–water partition coefficient (Wildman–Crippen LogP) is 4.45. The summed E-state index contributed by atoms with van der Waals surface area (Å²) < 4.78 is 44.3. The summed E-state index contributed by atoms with van der Waals surface area (Å²) in [6.07, 6.45) is 1.05. The van der Waals surface area contributed by atoms with Gasteiger partial charge in [0.2, 0.25) is 15.9 Å². The molecule has 0 heterocycles. The van der Waals surface area contributed by atoms with E-state index in [2.05, 4.69) is 5.32 Å². The summed E-state index contributed by atoms with van der Waals surface area (Å²) in [5, 5.41) is 3.15.